The molecule has 1 aliphatic heterocycles. The predicted molar refractivity (Wildman–Crippen MR) is 85.3 cm³/mol. The van der Waals surface area contributed by atoms with Gasteiger partial charge in [0.15, 0.2) is 0 Å². The quantitative estimate of drug-likeness (QED) is 0.783. The van der Waals surface area contributed by atoms with Crippen LogP contribution in [0.1, 0.15) is 38.2 Å². The third kappa shape index (κ3) is 4.54. The first-order valence-electron chi connectivity index (χ1n) is 7.44. The van der Waals surface area contributed by atoms with Crippen molar-refractivity contribution in [2.24, 2.45) is 0 Å². The molecule has 1 atom stereocenters. The minimum atomic E-state index is -0.538. The van der Waals surface area contributed by atoms with Crippen LogP contribution in [-0.4, -0.2) is 63.0 Å². The molecular weight excluding hydrogens is 320 g/mol. The average Bonchev–Trinajstić information content (AvgIpc) is 2.44. The van der Waals surface area contributed by atoms with E-state index < -0.39 is 5.60 Å². The molecule has 0 saturated carbocycles. The van der Waals surface area contributed by atoms with Gasteiger partial charge in [0.25, 0.3) is 5.91 Å². The van der Waals surface area contributed by atoms with Gasteiger partial charge in [-0.3, -0.25) is 9.78 Å². The number of amides is 2. The van der Waals surface area contributed by atoms with E-state index in [4.69, 9.17) is 16.3 Å². The molecule has 1 saturated heterocycles. The maximum absolute atomic E-state index is 12.5. The van der Waals surface area contributed by atoms with Gasteiger partial charge in [-0.2, -0.15) is 0 Å². The van der Waals surface area contributed by atoms with Gasteiger partial charge in [0, 0.05) is 25.7 Å². The molecular formula is C15H21ClN4O3. The molecule has 0 aliphatic carbocycles. The van der Waals surface area contributed by atoms with Crippen LogP contribution in [0.3, 0.4) is 0 Å². The molecule has 1 fully saturated rings. The number of aromatic nitrogens is 2. The first-order chi connectivity index (χ1) is 10.7. The van der Waals surface area contributed by atoms with Crippen LogP contribution in [0.2, 0.25) is 5.15 Å². The van der Waals surface area contributed by atoms with E-state index in [1.165, 1.54) is 12.4 Å². The smallest absolute Gasteiger partial charge is 0.410 e. The second-order valence-electron chi connectivity index (χ2n) is 6.50. The third-order valence-corrected chi connectivity index (χ3v) is 3.55. The highest BCUT2D eigenvalue weighted by Gasteiger charge is 2.32. The van der Waals surface area contributed by atoms with E-state index in [1.54, 1.807) is 9.80 Å². The number of hydrogen-bond acceptors (Lipinski definition) is 5. The zero-order valence-electron chi connectivity index (χ0n) is 13.7. The van der Waals surface area contributed by atoms with Crippen LogP contribution in [0.5, 0.6) is 0 Å². The fraction of sp³-hybridized carbons (Fsp3) is 0.600. The lowest BCUT2D eigenvalue weighted by Crippen LogP contribution is -2.56. The molecule has 0 bridgehead atoms. The lowest BCUT2D eigenvalue weighted by atomic mass is 10.1. The summed E-state index contributed by atoms with van der Waals surface area (Å²) in [5.74, 6) is -0.240. The summed E-state index contributed by atoms with van der Waals surface area (Å²) in [5.41, 5.74) is -0.334. The molecule has 2 rings (SSSR count). The Hall–Kier alpha value is -1.89. The summed E-state index contributed by atoms with van der Waals surface area (Å²) in [4.78, 5) is 35.8. The molecule has 2 heterocycles. The summed E-state index contributed by atoms with van der Waals surface area (Å²) in [7, 11) is 0. The maximum atomic E-state index is 12.5. The highest BCUT2D eigenvalue weighted by atomic mass is 35.5. The average molecular weight is 341 g/mol. The van der Waals surface area contributed by atoms with Crippen molar-refractivity contribution in [2.75, 3.05) is 19.6 Å². The number of halogens is 1. The Kier molecular flexibility index (Phi) is 5.09. The largest absolute Gasteiger partial charge is 0.444 e. The van der Waals surface area contributed by atoms with E-state index >= 15 is 0 Å². The maximum Gasteiger partial charge on any atom is 0.410 e. The Morgan fingerprint density at radius 2 is 2.00 bits per heavy atom. The summed E-state index contributed by atoms with van der Waals surface area (Å²) >= 11 is 5.78. The molecule has 126 valence electrons. The first-order valence-corrected chi connectivity index (χ1v) is 7.81. The predicted octanol–water partition coefficient (Wildman–Crippen LogP) is 2.21. The molecule has 7 nitrogen and oxygen atoms in total. The monoisotopic (exact) mass is 340 g/mol. The second kappa shape index (κ2) is 6.70. The molecule has 1 aliphatic rings. The van der Waals surface area contributed by atoms with Gasteiger partial charge < -0.3 is 14.5 Å². The van der Waals surface area contributed by atoms with Crippen molar-refractivity contribution in [1.82, 2.24) is 19.8 Å². The normalized spacial score (nSPS) is 18.7. The van der Waals surface area contributed by atoms with Crippen LogP contribution in [-0.2, 0) is 4.74 Å². The van der Waals surface area contributed by atoms with E-state index in [0.29, 0.717) is 19.6 Å². The van der Waals surface area contributed by atoms with Crippen molar-refractivity contribution in [3.63, 3.8) is 0 Å². The van der Waals surface area contributed by atoms with E-state index in [-0.39, 0.29) is 28.9 Å². The van der Waals surface area contributed by atoms with Crippen molar-refractivity contribution < 1.29 is 14.3 Å². The lowest BCUT2D eigenvalue weighted by molar-refractivity contribution is 0.00605. The molecule has 0 radical (unpaired) electrons. The Balaban J connectivity index is 2.01. The van der Waals surface area contributed by atoms with Gasteiger partial charge in [-0.15, -0.1) is 0 Å². The summed E-state index contributed by atoms with van der Waals surface area (Å²) in [5, 5.41) is 0.177. The number of carbonyl (C=O) groups excluding carboxylic acids is 2. The zero-order valence-corrected chi connectivity index (χ0v) is 14.5. The number of piperazine rings is 1. The van der Waals surface area contributed by atoms with Gasteiger partial charge in [-0.25, -0.2) is 9.78 Å². The molecule has 1 aromatic heterocycles. The molecule has 0 aromatic carbocycles. The van der Waals surface area contributed by atoms with Gasteiger partial charge >= 0.3 is 6.09 Å². The van der Waals surface area contributed by atoms with Gasteiger partial charge in [-0.05, 0) is 27.7 Å². The van der Waals surface area contributed by atoms with Crippen LogP contribution in [0.25, 0.3) is 0 Å². The summed E-state index contributed by atoms with van der Waals surface area (Å²) < 4.78 is 5.37. The number of carbonyl (C=O) groups is 2. The van der Waals surface area contributed by atoms with E-state index in [0.717, 1.165) is 0 Å². The third-order valence-electron chi connectivity index (χ3n) is 3.36. The van der Waals surface area contributed by atoms with Crippen LogP contribution >= 0.6 is 11.6 Å². The molecule has 2 amide bonds. The van der Waals surface area contributed by atoms with Crippen LogP contribution in [0.4, 0.5) is 4.79 Å². The van der Waals surface area contributed by atoms with Crippen molar-refractivity contribution in [3.05, 3.63) is 23.2 Å². The molecule has 23 heavy (non-hydrogen) atoms. The van der Waals surface area contributed by atoms with Crippen LogP contribution in [0.15, 0.2) is 12.4 Å². The molecule has 1 aromatic rings. The summed E-state index contributed by atoms with van der Waals surface area (Å²) in [6, 6.07) is -0.149. The SMILES string of the molecule is CC1CN(C(=O)OC(C)(C)C)CCN1C(=O)c1cncc(Cl)n1. The van der Waals surface area contributed by atoms with Crippen molar-refractivity contribution in [2.45, 2.75) is 39.3 Å². The number of hydrogen-bond donors (Lipinski definition) is 0. The Bertz CT molecular complexity index is 603. The first kappa shape index (κ1) is 17.5. The summed E-state index contributed by atoms with van der Waals surface area (Å²) in [6.45, 7) is 8.59. The van der Waals surface area contributed by atoms with E-state index in [9.17, 15) is 9.59 Å². The Morgan fingerprint density at radius 3 is 2.57 bits per heavy atom. The van der Waals surface area contributed by atoms with E-state index in [2.05, 4.69) is 9.97 Å². The Morgan fingerprint density at radius 1 is 1.30 bits per heavy atom. The minimum Gasteiger partial charge on any atom is -0.444 e. The molecule has 8 heteroatoms. The zero-order chi connectivity index (χ0) is 17.2. The minimum absolute atomic E-state index is 0.149. The number of nitrogens with zero attached hydrogens (tertiary/aromatic N) is 4. The fourth-order valence-corrected chi connectivity index (χ4v) is 2.49. The van der Waals surface area contributed by atoms with Gasteiger partial charge in [0.1, 0.15) is 16.4 Å². The van der Waals surface area contributed by atoms with Crippen LogP contribution < -0.4 is 0 Å². The molecule has 0 spiro atoms. The lowest BCUT2D eigenvalue weighted by Gasteiger charge is -2.39. The van der Waals surface area contributed by atoms with Crippen molar-refractivity contribution in [1.29, 1.82) is 0 Å². The van der Waals surface area contributed by atoms with Gasteiger partial charge in [0.05, 0.1) is 12.4 Å². The number of ether oxygens (including phenoxy) is 1. The second-order valence-corrected chi connectivity index (χ2v) is 6.89. The van der Waals surface area contributed by atoms with Gasteiger partial charge in [-0.1, -0.05) is 11.6 Å². The molecule has 1 unspecified atom stereocenters. The van der Waals surface area contributed by atoms with Crippen molar-refractivity contribution >= 4 is 23.6 Å². The van der Waals surface area contributed by atoms with Crippen LogP contribution in [0, 0.1) is 0 Å². The number of rotatable bonds is 1. The highest BCUT2D eigenvalue weighted by molar-refractivity contribution is 6.29. The Labute approximate surface area is 140 Å². The van der Waals surface area contributed by atoms with Gasteiger partial charge in [0.2, 0.25) is 0 Å². The van der Waals surface area contributed by atoms with Crippen molar-refractivity contribution in [3.8, 4) is 0 Å². The van der Waals surface area contributed by atoms with E-state index in [1.807, 2.05) is 27.7 Å². The fourth-order valence-electron chi connectivity index (χ4n) is 2.34. The summed E-state index contributed by atoms with van der Waals surface area (Å²) in [6.07, 6.45) is 2.41. The topological polar surface area (TPSA) is 75.6 Å². The molecule has 0 N–H and O–H groups in total. The standard InChI is InChI=1S/C15H21ClN4O3/c1-10-9-19(14(22)23-15(2,3)4)5-6-20(10)13(21)11-7-17-8-12(16)18-11/h7-8,10H,5-6,9H2,1-4H3. The highest BCUT2D eigenvalue weighted by Crippen LogP contribution is 2.17.